The van der Waals surface area contributed by atoms with E-state index in [9.17, 15) is 13.6 Å². The highest BCUT2D eigenvalue weighted by molar-refractivity contribution is 9.10. The standard InChI is InChI=1S/C15H19BrF2N2O/c1-10(15(21)20-6-4-2-3-5-7-20)19-14-12(16)8-11(17)9-13(14)18/h8-10,19H,2-7H2,1H3. The van der Waals surface area contributed by atoms with Crippen molar-refractivity contribution in [3.63, 3.8) is 0 Å². The second-order valence-electron chi connectivity index (χ2n) is 5.35. The predicted octanol–water partition coefficient (Wildman–Crippen LogP) is 3.93. The molecule has 6 heteroatoms. The Bertz CT molecular complexity index is 493. The number of hydrogen-bond donors (Lipinski definition) is 1. The SMILES string of the molecule is CC(Nc1c(F)cc(F)cc1Br)C(=O)N1CCCCCC1. The van der Waals surface area contributed by atoms with E-state index in [1.54, 1.807) is 6.92 Å². The van der Waals surface area contributed by atoms with Crippen molar-refractivity contribution in [2.24, 2.45) is 0 Å². The number of carbonyl (C=O) groups is 1. The number of rotatable bonds is 3. The minimum Gasteiger partial charge on any atom is -0.371 e. The van der Waals surface area contributed by atoms with Crippen LogP contribution in [0.2, 0.25) is 0 Å². The van der Waals surface area contributed by atoms with Gasteiger partial charge in [-0.3, -0.25) is 4.79 Å². The van der Waals surface area contributed by atoms with E-state index in [0.717, 1.165) is 44.8 Å². The van der Waals surface area contributed by atoms with Crippen molar-refractivity contribution in [2.75, 3.05) is 18.4 Å². The molecule has 1 atom stereocenters. The van der Waals surface area contributed by atoms with Crippen LogP contribution in [0, 0.1) is 11.6 Å². The molecule has 1 fully saturated rings. The lowest BCUT2D eigenvalue weighted by Gasteiger charge is -2.25. The zero-order valence-corrected chi connectivity index (χ0v) is 13.6. The smallest absolute Gasteiger partial charge is 0.244 e. The Morgan fingerprint density at radius 2 is 1.86 bits per heavy atom. The molecule has 2 rings (SSSR count). The molecule has 1 amide bonds. The molecule has 1 aromatic carbocycles. The molecular weight excluding hydrogens is 342 g/mol. The second kappa shape index (κ2) is 7.20. The van der Waals surface area contributed by atoms with E-state index >= 15 is 0 Å². The molecule has 1 saturated heterocycles. The molecule has 0 aliphatic carbocycles. The summed E-state index contributed by atoms with van der Waals surface area (Å²) in [5, 5.41) is 2.84. The Labute approximate surface area is 131 Å². The molecule has 1 aromatic rings. The third-order valence-electron chi connectivity index (χ3n) is 3.66. The maximum absolute atomic E-state index is 13.8. The van der Waals surface area contributed by atoms with E-state index in [2.05, 4.69) is 21.2 Å². The van der Waals surface area contributed by atoms with Gasteiger partial charge < -0.3 is 10.2 Å². The quantitative estimate of drug-likeness (QED) is 0.885. The highest BCUT2D eigenvalue weighted by atomic mass is 79.9. The van der Waals surface area contributed by atoms with Crippen molar-refractivity contribution in [1.29, 1.82) is 0 Å². The normalized spacial score (nSPS) is 17.2. The molecule has 0 aromatic heterocycles. The second-order valence-corrected chi connectivity index (χ2v) is 6.20. The maximum atomic E-state index is 13.8. The lowest BCUT2D eigenvalue weighted by atomic mass is 10.2. The van der Waals surface area contributed by atoms with Gasteiger partial charge in [-0.2, -0.15) is 0 Å². The van der Waals surface area contributed by atoms with E-state index in [-0.39, 0.29) is 16.1 Å². The summed E-state index contributed by atoms with van der Waals surface area (Å²) in [5.41, 5.74) is 0.118. The number of hydrogen-bond acceptors (Lipinski definition) is 2. The number of nitrogens with one attached hydrogen (secondary N) is 1. The van der Waals surface area contributed by atoms with Gasteiger partial charge in [-0.15, -0.1) is 0 Å². The van der Waals surface area contributed by atoms with E-state index in [1.165, 1.54) is 6.07 Å². The van der Waals surface area contributed by atoms with Crippen molar-refractivity contribution >= 4 is 27.5 Å². The summed E-state index contributed by atoms with van der Waals surface area (Å²) in [5.74, 6) is -1.42. The molecule has 116 valence electrons. The largest absolute Gasteiger partial charge is 0.371 e. The van der Waals surface area contributed by atoms with Crippen LogP contribution in [0.3, 0.4) is 0 Å². The summed E-state index contributed by atoms with van der Waals surface area (Å²) in [6, 6.07) is 1.42. The number of nitrogens with zero attached hydrogens (tertiary/aromatic N) is 1. The first-order valence-electron chi connectivity index (χ1n) is 7.19. The van der Waals surface area contributed by atoms with Gasteiger partial charge in [0.2, 0.25) is 5.91 Å². The van der Waals surface area contributed by atoms with Gasteiger partial charge in [0.05, 0.1) is 5.69 Å². The van der Waals surface area contributed by atoms with Gasteiger partial charge in [-0.05, 0) is 41.8 Å². The molecular formula is C15H19BrF2N2O. The van der Waals surface area contributed by atoms with Crippen LogP contribution in [0.15, 0.2) is 16.6 Å². The van der Waals surface area contributed by atoms with Gasteiger partial charge in [-0.25, -0.2) is 8.78 Å². The lowest BCUT2D eigenvalue weighted by Crippen LogP contribution is -2.42. The molecule has 1 aliphatic rings. The average molecular weight is 361 g/mol. The Balaban J connectivity index is 2.06. The Morgan fingerprint density at radius 1 is 1.24 bits per heavy atom. The summed E-state index contributed by atoms with van der Waals surface area (Å²) in [6.07, 6.45) is 4.30. The number of anilines is 1. The zero-order chi connectivity index (χ0) is 15.4. The van der Waals surface area contributed by atoms with E-state index in [1.807, 2.05) is 4.90 Å². The third kappa shape index (κ3) is 4.15. The Hall–Kier alpha value is -1.17. The van der Waals surface area contributed by atoms with E-state index in [4.69, 9.17) is 0 Å². The van der Waals surface area contributed by atoms with Crippen molar-refractivity contribution < 1.29 is 13.6 Å². The van der Waals surface area contributed by atoms with Crippen molar-refractivity contribution in [2.45, 2.75) is 38.6 Å². The van der Waals surface area contributed by atoms with Crippen LogP contribution in [0.1, 0.15) is 32.6 Å². The van der Waals surface area contributed by atoms with Crippen LogP contribution in [-0.2, 0) is 4.79 Å². The highest BCUT2D eigenvalue weighted by Crippen LogP contribution is 2.27. The van der Waals surface area contributed by atoms with E-state index < -0.39 is 17.7 Å². The fraction of sp³-hybridized carbons (Fsp3) is 0.533. The summed E-state index contributed by atoms with van der Waals surface area (Å²) >= 11 is 3.12. The van der Waals surface area contributed by atoms with Gasteiger partial charge in [0.1, 0.15) is 17.7 Å². The van der Waals surface area contributed by atoms with Gasteiger partial charge in [0, 0.05) is 23.6 Å². The van der Waals surface area contributed by atoms with Crippen LogP contribution in [0.5, 0.6) is 0 Å². The third-order valence-corrected chi connectivity index (χ3v) is 4.28. The topological polar surface area (TPSA) is 32.3 Å². The van der Waals surface area contributed by atoms with Gasteiger partial charge in [0.25, 0.3) is 0 Å². The van der Waals surface area contributed by atoms with Crippen LogP contribution in [0.25, 0.3) is 0 Å². The molecule has 1 heterocycles. The summed E-state index contributed by atoms with van der Waals surface area (Å²) in [7, 11) is 0. The van der Waals surface area contributed by atoms with Gasteiger partial charge in [-0.1, -0.05) is 12.8 Å². The number of halogens is 3. The molecule has 1 N–H and O–H groups in total. The van der Waals surface area contributed by atoms with Crippen LogP contribution in [0.4, 0.5) is 14.5 Å². The first kappa shape index (κ1) is 16.2. The lowest BCUT2D eigenvalue weighted by molar-refractivity contribution is -0.131. The number of amides is 1. The molecule has 0 bridgehead atoms. The van der Waals surface area contributed by atoms with Gasteiger partial charge in [0.15, 0.2) is 0 Å². The highest BCUT2D eigenvalue weighted by Gasteiger charge is 2.23. The van der Waals surface area contributed by atoms with Crippen LogP contribution in [-0.4, -0.2) is 29.9 Å². The summed E-state index contributed by atoms with van der Waals surface area (Å²) < 4.78 is 27.1. The van der Waals surface area contributed by atoms with Crippen molar-refractivity contribution in [1.82, 2.24) is 4.90 Å². The first-order chi connectivity index (χ1) is 9.99. The van der Waals surface area contributed by atoms with E-state index in [0.29, 0.717) is 0 Å². The zero-order valence-electron chi connectivity index (χ0n) is 12.0. The molecule has 0 saturated carbocycles. The fourth-order valence-corrected chi connectivity index (χ4v) is 3.05. The Kier molecular flexibility index (Phi) is 5.56. The number of carbonyl (C=O) groups excluding carboxylic acids is 1. The summed E-state index contributed by atoms with van der Waals surface area (Å²) in [6.45, 7) is 3.19. The van der Waals surface area contributed by atoms with Gasteiger partial charge >= 0.3 is 0 Å². The molecule has 1 unspecified atom stereocenters. The molecule has 21 heavy (non-hydrogen) atoms. The molecule has 3 nitrogen and oxygen atoms in total. The van der Waals surface area contributed by atoms with Crippen molar-refractivity contribution in [3.05, 3.63) is 28.2 Å². The predicted molar refractivity (Wildman–Crippen MR) is 82.2 cm³/mol. The van der Waals surface area contributed by atoms with Crippen LogP contribution >= 0.6 is 15.9 Å². The molecule has 1 aliphatic heterocycles. The monoisotopic (exact) mass is 360 g/mol. The number of likely N-dealkylation sites (tertiary alicyclic amines) is 1. The van der Waals surface area contributed by atoms with Crippen molar-refractivity contribution in [3.8, 4) is 0 Å². The maximum Gasteiger partial charge on any atom is 0.244 e. The fourth-order valence-electron chi connectivity index (χ4n) is 2.52. The summed E-state index contributed by atoms with van der Waals surface area (Å²) in [4.78, 5) is 14.2. The molecule has 0 radical (unpaired) electrons. The first-order valence-corrected chi connectivity index (χ1v) is 7.98. The van der Waals surface area contributed by atoms with Crippen LogP contribution < -0.4 is 5.32 Å². The molecule has 0 spiro atoms. The Morgan fingerprint density at radius 3 is 2.43 bits per heavy atom. The number of benzene rings is 1. The minimum atomic E-state index is -0.711. The average Bonchev–Trinajstić information content (AvgIpc) is 2.70. The minimum absolute atomic E-state index is 0.0486.